The van der Waals surface area contributed by atoms with Crippen molar-refractivity contribution in [2.24, 2.45) is 4.99 Å². The van der Waals surface area contributed by atoms with Crippen molar-refractivity contribution in [2.75, 3.05) is 33.7 Å². The molecule has 3 heterocycles. The minimum absolute atomic E-state index is 0.0847. The van der Waals surface area contributed by atoms with Crippen molar-refractivity contribution in [1.82, 2.24) is 4.57 Å². The van der Waals surface area contributed by atoms with Crippen molar-refractivity contribution in [1.29, 1.82) is 0 Å². The number of fused-ring (bicyclic) bond motifs is 2. The fourth-order valence-corrected chi connectivity index (χ4v) is 5.42. The summed E-state index contributed by atoms with van der Waals surface area (Å²) >= 11 is 1.26. The molecule has 1 atom stereocenters. The average molecular weight is 537 g/mol. The first-order chi connectivity index (χ1) is 18.5. The lowest BCUT2D eigenvalue weighted by atomic mass is 9.95. The summed E-state index contributed by atoms with van der Waals surface area (Å²) < 4.78 is 29.5. The number of benzene rings is 2. The van der Waals surface area contributed by atoms with Gasteiger partial charge in [-0.25, -0.2) is 9.79 Å². The normalized spacial score (nSPS) is 16.3. The molecule has 9 nitrogen and oxygen atoms in total. The summed E-state index contributed by atoms with van der Waals surface area (Å²) in [4.78, 5) is 32.4. The summed E-state index contributed by atoms with van der Waals surface area (Å²) in [7, 11) is 1.54. The van der Waals surface area contributed by atoms with Crippen LogP contribution in [0, 0.1) is 0 Å². The third-order valence-electron chi connectivity index (χ3n) is 6.13. The molecule has 0 bridgehead atoms. The number of aromatic nitrogens is 1. The number of thiazole rings is 1. The molecule has 5 rings (SSSR count). The van der Waals surface area contributed by atoms with Gasteiger partial charge >= 0.3 is 5.97 Å². The number of esters is 1. The van der Waals surface area contributed by atoms with Crippen LogP contribution in [-0.4, -0.2) is 44.3 Å². The van der Waals surface area contributed by atoms with Gasteiger partial charge in [-0.3, -0.25) is 9.36 Å². The van der Waals surface area contributed by atoms with Gasteiger partial charge in [0.1, 0.15) is 18.4 Å². The highest BCUT2D eigenvalue weighted by atomic mass is 32.1. The van der Waals surface area contributed by atoms with E-state index in [1.807, 2.05) is 49.4 Å². The molecule has 3 aromatic rings. The zero-order valence-electron chi connectivity index (χ0n) is 21.4. The maximum Gasteiger partial charge on any atom is 0.338 e. The van der Waals surface area contributed by atoms with Gasteiger partial charge in [0, 0.05) is 12.7 Å². The van der Waals surface area contributed by atoms with Crippen molar-refractivity contribution in [3.05, 3.63) is 84.5 Å². The van der Waals surface area contributed by atoms with Gasteiger partial charge in [-0.1, -0.05) is 42.5 Å². The second-order valence-electron chi connectivity index (χ2n) is 8.71. The Balaban J connectivity index is 1.66. The summed E-state index contributed by atoms with van der Waals surface area (Å²) in [5.74, 6) is 1.34. The highest BCUT2D eigenvalue weighted by molar-refractivity contribution is 7.07. The number of rotatable bonds is 9. The van der Waals surface area contributed by atoms with Crippen LogP contribution in [0.2, 0.25) is 0 Å². The van der Waals surface area contributed by atoms with Crippen LogP contribution in [0.25, 0.3) is 6.08 Å². The lowest BCUT2D eigenvalue weighted by molar-refractivity contribution is -0.140. The first kappa shape index (κ1) is 25.7. The Labute approximate surface area is 223 Å². The third-order valence-corrected chi connectivity index (χ3v) is 7.11. The summed E-state index contributed by atoms with van der Waals surface area (Å²) in [5.41, 5.74) is 1.98. The maximum atomic E-state index is 13.9. The van der Waals surface area contributed by atoms with Crippen LogP contribution < -0.4 is 29.1 Å². The number of hydrogen-bond donors (Lipinski definition) is 0. The smallest absolute Gasteiger partial charge is 0.338 e. The minimum atomic E-state index is -0.770. The Morgan fingerprint density at radius 1 is 1.16 bits per heavy atom. The molecular weight excluding hydrogens is 508 g/mol. The minimum Gasteiger partial charge on any atom is -0.493 e. The molecule has 0 N–H and O–H groups in total. The molecule has 0 unspecified atom stereocenters. The molecule has 0 saturated carbocycles. The van der Waals surface area contributed by atoms with Gasteiger partial charge in [-0.15, -0.1) is 0 Å². The zero-order valence-corrected chi connectivity index (χ0v) is 22.2. The number of methoxy groups -OCH3 is 1. The van der Waals surface area contributed by atoms with Crippen molar-refractivity contribution >= 4 is 23.4 Å². The predicted molar refractivity (Wildman–Crippen MR) is 141 cm³/mol. The lowest BCUT2D eigenvalue weighted by Crippen LogP contribution is -2.40. The van der Waals surface area contributed by atoms with Crippen molar-refractivity contribution in [3.8, 4) is 17.2 Å². The molecule has 0 saturated heterocycles. The molecule has 0 amide bonds. The van der Waals surface area contributed by atoms with Crippen LogP contribution >= 0.6 is 11.3 Å². The van der Waals surface area contributed by atoms with Crippen LogP contribution in [0.5, 0.6) is 17.2 Å². The Hall–Kier alpha value is -3.89. The van der Waals surface area contributed by atoms with E-state index >= 15 is 0 Å². The molecule has 0 aliphatic carbocycles. The number of para-hydroxylation sites is 1. The Morgan fingerprint density at radius 3 is 2.79 bits per heavy atom. The molecule has 0 spiro atoms. The van der Waals surface area contributed by atoms with E-state index in [9.17, 15) is 9.59 Å². The van der Waals surface area contributed by atoms with Gasteiger partial charge in [0.15, 0.2) is 16.3 Å². The summed E-state index contributed by atoms with van der Waals surface area (Å²) in [6.45, 7) is 4.78. The number of nitrogens with zero attached hydrogens (tertiary/aromatic N) is 2. The number of ether oxygens (including phenoxy) is 5. The van der Waals surface area contributed by atoms with E-state index in [0.717, 1.165) is 12.0 Å². The molecule has 198 valence electrons. The standard InChI is InChI=1S/C28H28N2O7S/c1-4-11-34-20-8-6-5-7-19(20)25-24(27(32)35-13-12-33-3)17(2)29-28-30(25)26(31)23(38-28)15-18-9-10-21-22(14-18)37-16-36-21/h5-10,14-15,25H,4,11-13,16H2,1-3H3/b23-15+/t25-/m0/s1. The second-order valence-corrected chi connectivity index (χ2v) is 9.72. The van der Waals surface area contributed by atoms with Crippen LogP contribution in [-0.2, 0) is 14.3 Å². The number of carbonyl (C=O) groups is 1. The molecule has 2 aliphatic rings. The van der Waals surface area contributed by atoms with Gasteiger partial charge in [-0.2, -0.15) is 0 Å². The highest BCUT2D eigenvalue weighted by Gasteiger charge is 2.35. The molecule has 38 heavy (non-hydrogen) atoms. The quantitative estimate of drug-likeness (QED) is 0.306. The lowest BCUT2D eigenvalue weighted by Gasteiger charge is -2.26. The Kier molecular flexibility index (Phi) is 7.62. The largest absolute Gasteiger partial charge is 0.493 e. The van der Waals surface area contributed by atoms with E-state index in [2.05, 4.69) is 4.99 Å². The second kappa shape index (κ2) is 11.2. The van der Waals surface area contributed by atoms with E-state index in [4.69, 9.17) is 23.7 Å². The van der Waals surface area contributed by atoms with Crippen LogP contribution in [0.4, 0.5) is 0 Å². The van der Waals surface area contributed by atoms with Gasteiger partial charge in [0.2, 0.25) is 6.79 Å². The first-order valence-electron chi connectivity index (χ1n) is 12.3. The van der Waals surface area contributed by atoms with Gasteiger partial charge in [0.05, 0.1) is 29.0 Å². The summed E-state index contributed by atoms with van der Waals surface area (Å²) in [5, 5.41) is 0. The van der Waals surface area contributed by atoms with Crippen molar-refractivity contribution < 1.29 is 28.5 Å². The van der Waals surface area contributed by atoms with Crippen molar-refractivity contribution in [3.63, 3.8) is 0 Å². The summed E-state index contributed by atoms with van der Waals surface area (Å²) in [6, 6.07) is 12.2. The molecule has 1 aromatic heterocycles. The average Bonchev–Trinajstić information content (AvgIpc) is 3.50. The van der Waals surface area contributed by atoms with Gasteiger partial charge in [0.25, 0.3) is 5.56 Å². The van der Waals surface area contributed by atoms with Crippen LogP contribution in [0.3, 0.4) is 0 Å². The molecule has 2 aromatic carbocycles. The number of allylic oxidation sites excluding steroid dienone is 1. The fourth-order valence-electron chi connectivity index (χ4n) is 4.38. The van der Waals surface area contributed by atoms with Crippen molar-refractivity contribution in [2.45, 2.75) is 26.3 Å². The van der Waals surface area contributed by atoms with Gasteiger partial charge < -0.3 is 23.7 Å². The van der Waals surface area contributed by atoms with E-state index in [-0.39, 0.29) is 31.1 Å². The fraction of sp³-hybridized carbons (Fsp3) is 0.321. The molecule has 0 radical (unpaired) electrons. The number of carbonyl (C=O) groups excluding carboxylic acids is 1. The summed E-state index contributed by atoms with van der Waals surface area (Å²) in [6.07, 6.45) is 2.60. The highest BCUT2D eigenvalue weighted by Crippen LogP contribution is 2.36. The monoisotopic (exact) mass is 536 g/mol. The maximum absolute atomic E-state index is 13.9. The van der Waals surface area contributed by atoms with Crippen LogP contribution in [0.1, 0.15) is 37.4 Å². The Bertz CT molecular complexity index is 1570. The predicted octanol–water partition coefficient (Wildman–Crippen LogP) is 2.94. The van der Waals surface area contributed by atoms with Crippen LogP contribution in [0.15, 0.2) is 63.5 Å². The number of hydrogen-bond acceptors (Lipinski definition) is 9. The first-order valence-corrected chi connectivity index (χ1v) is 13.1. The topological polar surface area (TPSA) is 97.6 Å². The third kappa shape index (κ3) is 4.97. The zero-order chi connectivity index (χ0) is 26.6. The van der Waals surface area contributed by atoms with E-state index in [0.29, 0.717) is 44.4 Å². The molecule has 10 heteroatoms. The van der Waals surface area contributed by atoms with E-state index < -0.39 is 12.0 Å². The molecule has 0 fully saturated rings. The van der Waals surface area contributed by atoms with Gasteiger partial charge in [-0.05, 0) is 43.2 Å². The van der Waals surface area contributed by atoms with E-state index in [1.165, 1.54) is 18.4 Å². The SMILES string of the molecule is CCCOc1ccccc1[C@H]1C(C(=O)OCCOC)=C(C)N=c2s/c(=C/c3ccc4c(c3)OCO4)c(=O)n21. The molecular formula is C28H28N2O7S. The Morgan fingerprint density at radius 2 is 1.97 bits per heavy atom. The molecule has 2 aliphatic heterocycles. The van der Waals surface area contributed by atoms with E-state index in [1.54, 1.807) is 17.6 Å².